The number of alkyl halides is 4. The third-order valence-electron chi connectivity index (χ3n) is 5.99. The summed E-state index contributed by atoms with van der Waals surface area (Å²) in [6, 6.07) is 3.53. The predicted octanol–water partition coefficient (Wildman–Crippen LogP) is 4.59. The van der Waals surface area contributed by atoms with E-state index in [1.54, 1.807) is 19.9 Å². The quantitative estimate of drug-likeness (QED) is 0.414. The molecule has 1 fully saturated rings. The molecule has 1 unspecified atom stereocenters. The Morgan fingerprint density at radius 3 is 2.52 bits per heavy atom. The molecule has 180 valence electrons. The van der Waals surface area contributed by atoms with Gasteiger partial charge in [-0.1, -0.05) is 12.1 Å². The zero-order chi connectivity index (χ0) is 24.4. The van der Waals surface area contributed by atoms with Crippen LogP contribution in [0, 0.1) is 13.8 Å². The molecule has 0 aliphatic heterocycles. The Bertz CT molecular complexity index is 1020. The Balaban J connectivity index is 1.96. The van der Waals surface area contributed by atoms with Gasteiger partial charge in [0.2, 0.25) is 0 Å². The number of carbonyl (C=O) groups is 1. The van der Waals surface area contributed by atoms with Crippen molar-refractivity contribution in [1.82, 2.24) is 15.3 Å². The van der Waals surface area contributed by atoms with Crippen LogP contribution in [0.2, 0.25) is 0 Å². The van der Waals surface area contributed by atoms with Gasteiger partial charge in [0.15, 0.2) is 0 Å². The Morgan fingerprint density at radius 2 is 1.94 bits per heavy atom. The molecule has 1 heterocycles. The normalized spacial score (nSPS) is 15.8. The smallest absolute Gasteiger partial charge is 0.416 e. The minimum atomic E-state index is -4.46. The van der Waals surface area contributed by atoms with E-state index in [4.69, 9.17) is 4.74 Å². The van der Waals surface area contributed by atoms with Crippen LogP contribution in [0.1, 0.15) is 59.6 Å². The lowest BCUT2D eigenvalue weighted by atomic mass is 9.97. The highest BCUT2D eigenvalue weighted by Crippen LogP contribution is 2.37. The number of aromatic nitrogens is 2. The number of hydrogen-bond acceptors (Lipinski definition) is 6. The third kappa shape index (κ3) is 5.79. The largest absolute Gasteiger partial charge is 0.469 e. The lowest BCUT2D eigenvalue weighted by Gasteiger charge is -2.23. The number of carbonyl (C=O) groups excluding carboxylic acids is 1. The first kappa shape index (κ1) is 24.9. The Labute approximate surface area is 190 Å². The van der Waals surface area contributed by atoms with Gasteiger partial charge in [0.25, 0.3) is 0 Å². The molecule has 2 N–H and O–H groups in total. The Morgan fingerprint density at radius 1 is 1.24 bits per heavy atom. The number of aryl methyl sites for hydroxylation is 1. The molecular weight excluding hydrogens is 440 g/mol. The molecular formula is C23H28F4N4O2. The first-order valence-electron chi connectivity index (χ1n) is 10.7. The number of methoxy groups -OCH3 is 1. The van der Waals surface area contributed by atoms with Crippen LogP contribution in [-0.4, -0.2) is 35.3 Å². The second-order valence-electron chi connectivity index (χ2n) is 8.45. The van der Waals surface area contributed by atoms with E-state index in [0.29, 0.717) is 41.3 Å². The average Bonchev–Trinajstić information content (AvgIpc) is 3.52. The summed E-state index contributed by atoms with van der Waals surface area (Å²) in [6.45, 7) is 4.51. The number of ether oxygens (including phenoxy) is 1. The number of nitrogens with one attached hydrogen (secondary N) is 2. The molecule has 2 aromatic rings. The van der Waals surface area contributed by atoms with Crippen LogP contribution < -0.4 is 10.6 Å². The van der Waals surface area contributed by atoms with Crippen LogP contribution in [0.5, 0.6) is 0 Å². The second-order valence-corrected chi connectivity index (χ2v) is 8.45. The van der Waals surface area contributed by atoms with Gasteiger partial charge >= 0.3 is 12.1 Å². The summed E-state index contributed by atoms with van der Waals surface area (Å²) in [5.41, 5.74) is 0.290. The summed E-state index contributed by atoms with van der Waals surface area (Å²) in [5.74, 6) is 0.279. The van der Waals surface area contributed by atoms with Crippen molar-refractivity contribution in [2.45, 2.75) is 64.3 Å². The van der Waals surface area contributed by atoms with Crippen molar-refractivity contribution in [3.8, 4) is 0 Å². The number of nitrogens with zero attached hydrogens (tertiary/aromatic N) is 2. The van der Waals surface area contributed by atoms with Gasteiger partial charge in [-0.25, -0.2) is 14.4 Å². The topological polar surface area (TPSA) is 76.1 Å². The van der Waals surface area contributed by atoms with E-state index in [0.717, 1.165) is 6.07 Å². The molecule has 1 aromatic heterocycles. The van der Waals surface area contributed by atoms with E-state index >= 15 is 0 Å². The van der Waals surface area contributed by atoms with Gasteiger partial charge in [0.1, 0.15) is 18.3 Å². The van der Waals surface area contributed by atoms with E-state index in [-0.39, 0.29) is 18.5 Å². The lowest BCUT2D eigenvalue weighted by Crippen LogP contribution is -2.33. The van der Waals surface area contributed by atoms with Crippen molar-refractivity contribution in [2.24, 2.45) is 0 Å². The molecule has 1 aromatic carbocycles. The van der Waals surface area contributed by atoms with Crippen LogP contribution in [0.4, 0.5) is 23.4 Å². The number of anilines is 1. The van der Waals surface area contributed by atoms with Crippen LogP contribution in [0.3, 0.4) is 0 Å². The molecule has 0 amide bonds. The fraction of sp³-hybridized carbons (Fsp3) is 0.522. The first-order valence-corrected chi connectivity index (χ1v) is 10.7. The third-order valence-corrected chi connectivity index (χ3v) is 5.99. The summed E-state index contributed by atoms with van der Waals surface area (Å²) < 4.78 is 58.3. The summed E-state index contributed by atoms with van der Waals surface area (Å²) in [7, 11) is 1.27. The fourth-order valence-electron chi connectivity index (χ4n) is 3.81. The van der Waals surface area contributed by atoms with Crippen molar-refractivity contribution in [2.75, 3.05) is 19.1 Å². The fourth-order valence-corrected chi connectivity index (χ4v) is 3.81. The summed E-state index contributed by atoms with van der Waals surface area (Å²) in [5, 5.41) is 6.37. The summed E-state index contributed by atoms with van der Waals surface area (Å²) in [4.78, 5) is 20.8. The van der Waals surface area contributed by atoms with Gasteiger partial charge in [-0.2, -0.15) is 13.2 Å². The monoisotopic (exact) mass is 468 g/mol. The van der Waals surface area contributed by atoms with E-state index in [9.17, 15) is 22.4 Å². The van der Waals surface area contributed by atoms with Gasteiger partial charge < -0.3 is 15.4 Å². The molecule has 1 atom stereocenters. The van der Waals surface area contributed by atoms with Crippen LogP contribution in [0.25, 0.3) is 0 Å². The number of benzene rings is 1. The minimum Gasteiger partial charge on any atom is -0.469 e. The summed E-state index contributed by atoms with van der Waals surface area (Å²) in [6.07, 6.45) is -3.17. The number of hydrogen-bond donors (Lipinski definition) is 2. The molecule has 1 aliphatic carbocycles. The van der Waals surface area contributed by atoms with Crippen molar-refractivity contribution in [3.63, 3.8) is 0 Å². The van der Waals surface area contributed by atoms with Gasteiger partial charge in [0, 0.05) is 17.6 Å². The minimum absolute atomic E-state index is 0.106. The highest BCUT2D eigenvalue weighted by atomic mass is 19.4. The highest BCUT2D eigenvalue weighted by Gasteiger charge is 2.42. The predicted molar refractivity (Wildman–Crippen MR) is 115 cm³/mol. The van der Waals surface area contributed by atoms with Gasteiger partial charge in [-0.05, 0) is 50.8 Å². The highest BCUT2D eigenvalue weighted by molar-refractivity contribution is 5.73. The molecule has 1 aliphatic rings. The zero-order valence-electron chi connectivity index (χ0n) is 19.1. The van der Waals surface area contributed by atoms with E-state index < -0.39 is 36.0 Å². The van der Waals surface area contributed by atoms with Gasteiger partial charge in [-0.3, -0.25) is 4.79 Å². The molecule has 0 bridgehead atoms. The van der Waals surface area contributed by atoms with Crippen molar-refractivity contribution in [1.29, 1.82) is 0 Å². The standard InChI is InChI=1S/C23H28F4N4O2/c1-13-16(6-5-7-18(13)23(25,26)27)14(2)29-21-17(11-28-22(12-24)8-9-22)19(10-20(32)33-4)30-15(3)31-21/h5-7,14,28H,8-12H2,1-4H3,(H,29,30,31). The van der Waals surface area contributed by atoms with Crippen molar-refractivity contribution < 1.29 is 27.1 Å². The van der Waals surface area contributed by atoms with Gasteiger partial charge in [0.05, 0.1) is 30.8 Å². The van der Waals surface area contributed by atoms with E-state index in [1.807, 2.05) is 0 Å². The Kier molecular flexibility index (Phi) is 7.26. The first-order chi connectivity index (χ1) is 15.5. The van der Waals surface area contributed by atoms with Crippen LogP contribution >= 0.6 is 0 Å². The maximum Gasteiger partial charge on any atom is 0.416 e. The van der Waals surface area contributed by atoms with Crippen molar-refractivity contribution >= 4 is 11.8 Å². The molecule has 0 radical (unpaired) electrons. The molecule has 1 saturated carbocycles. The van der Waals surface area contributed by atoms with Crippen molar-refractivity contribution in [3.05, 3.63) is 52.0 Å². The average molecular weight is 468 g/mol. The Hall–Kier alpha value is -2.75. The van der Waals surface area contributed by atoms with Crippen LogP contribution in [0.15, 0.2) is 18.2 Å². The molecule has 6 nitrogen and oxygen atoms in total. The molecule has 10 heteroatoms. The number of esters is 1. The maximum atomic E-state index is 13.4. The second kappa shape index (κ2) is 9.62. The molecule has 0 saturated heterocycles. The summed E-state index contributed by atoms with van der Waals surface area (Å²) >= 11 is 0. The molecule has 0 spiro atoms. The number of halogens is 4. The maximum absolute atomic E-state index is 13.4. The van der Waals surface area contributed by atoms with E-state index in [2.05, 4.69) is 20.6 Å². The van der Waals surface area contributed by atoms with E-state index in [1.165, 1.54) is 20.1 Å². The number of rotatable bonds is 9. The lowest BCUT2D eigenvalue weighted by molar-refractivity contribution is -0.140. The zero-order valence-corrected chi connectivity index (χ0v) is 19.1. The SMILES string of the molecule is COC(=O)Cc1nc(C)nc(NC(C)c2cccc(C(F)(F)F)c2C)c1CNC1(CF)CC1. The molecule has 33 heavy (non-hydrogen) atoms. The van der Waals surface area contributed by atoms with Gasteiger partial charge in [-0.15, -0.1) is 0 Å². The van der Waals surface area contributed by atoms with Crippen LogP contribution in [-0.2, 0) is 28.7 Å². The molecule has 3 rings (SSSR count).